The van der Waals surface area contributed by atoms with Crippen molar-refractivity contribution in [2.45, 2.75) is 12.8 Å². The number of nitrogens with zero attached hydrogens (tertiary/aromatic N) is 1. The van der Waals surface area contributed by atoms with Crippen LogP contribution in [0.5, 0.6) is 0 Å². The van der Waals surface area contributed by atoms with Crippen molar-refractivity contribution >= 4 is 23.5 Å². The summed E-state index contributed by atoms with van der Waals surface area (Å²) in [5, 5.41) is 12.0. The van der Waals surface area contributed by atoms with E-state index in [-0.39, 0.29) is 18.4 Å². The Morgan fingerprint density at radius 3 is 2.42 bits per heavy atom. The molecule has 0 aliphatic carbocycles. The third-order valence-corrected chi connectivity index (χ3v) is 4.50. The monoisotopic (exact) mass is 352 g/mol. The fourth-order valence-corrected chi connectivity index (χ4v) is 3.10. The third kappa shape index (κ3) is 3.91. The van der Waals surface area contributed by atoms with Gasteiger partial charge in [0.2, 0.25) is 0 Å². The summed E-state index contributed by atoms with van der Waals surface area (Å²) in [7, 11) is 0. The van der Waals surface area contributed by atoms with Crippen LogP contribution in [0.1, 0.15) is 33.6 Å². The van der Waals surface area contributed by atoms with Crippen LogP contribution < -0.4 is 5.32 Å². The van der Waals surface area contributed by atoms with Crippen molar-refractivity contribution in [1.29, 1.82) is 0 Å². The minimum absolute atomic E-state index is 0.190. The molecule has 26 heavy (non-hydrogen) atoms. The second kappa shape index (κ2) is 7.82. The van der Waals surface area contributed by atoms with Crippen LogP contribution in [0.25, 0.3) is 0 Å². The molecule has 0 radical (unpaired) electrons. The van der Waals surface area contributed by atoms with E-state index >= 15 is 0 Å². The minimum Gasteiger partial charge on any atom is -0.481 e. The van der Waals surface area contributed by atoms with Crippen molar-refractivity contribution in [1.82, 2.24) is 4.90 Å². The molecular weight excluding hydrogens is 332 g/mol. The molecule has 1 unspecified atom stereocenters. The minimum atomic E-state index is -0.881. The number of amides is 2. The molecule has 1 aliphatic heterocycles. The van der Waals surface area contributed by atoms with Crippen molar-refractivity contribution in [2.24, 2.45) is 5.92 Å². The zero-order valence-electron chi connectivity index (χ0n) is 14.2. The van der Waals surface area contributed by atoms with Gasteiger partial charge in [-0.15, -0.1) is 0 Å². The van der Waals surface area contributed by atoms with E-state index in [9.17, 15) is 19.5 Å². The largest absolute Gasteiger partial charge is 0.481 e. The van der Waals surface area contributed by atoms with Crippen LogP contribution >= 0.6 is 0 Å². The molecule has 0 aromatic heterocycles. The molecular formula is C20H20N2O4. The number of carbonyl (C=O) groups excluding carboxylic acids is 2. The number of carboxylic acid groups (broad SMARTS) is 1. The van der Waals surface area contributed by atoms with E-state index in [1.165, 1.54) is 0 Å². The number of aliphatic carboxylic acids is 1. The quantitative estimate of drug-likeness (QED) is 0.886. The van der Waals surface area contributed by atoms with E-state index in [0.29, 0.717) is 36.2 Å². The first-order chi connectivity index (χ1) is 12.6. The summed E-state index contributed by atoms with van der Waals surface area (Å²) in [6.45, 7) is 0.707. The first kappa shape index (κ1) is 17.7. The summed E-state index contributed by atoms with van der Waals surface area (Å²) in [6, 6.07) is 15.5. The molecule has 0 saturated carbocycles. The van der Waals surface area contributed by atoms with Crippen LogP contribution in [0.15, 0.2) is 54.6 Å². The molecule has 1 fully saturated rings. The van der Waals surface area contributed by atoms with Crippen molar-refractivity contribution in [3.8, 4) is 0 Å². The van der Waals surface area contributed by atoms with Crippen LogP contribution in [0, 0.1) is 5.92 Å². The fraction of sp³-hybridized carbons (Fsp3) is 0.250. The third-order valence-electron chi connectivity index (χ3n) is 4.50. The van der Waals surface area contributed by atoms with Gasteiger partial charge in [0.15, 0.2) is 0 Å². The zero-order valence-corrected chi connectivity index (χ0v) is 14.2. The van der Waals surface area contributed by atoms with E-state index in [4.69, 9.17) is 0 Å². The van der Waals surface area contributed by atoms with Gasteiger partial charge in [0.25, 0.3) is 11.8 Å². The van der Waals surface area contributed by atoms with Gasteiger partial charge in [0, 0.05) is 18.7 Å². The number of anilines is 1. The number of carboxylic acids is 1. The second-order valence-corrected chi connectivity index (χ2v) is 6.29. The zero-order chi connectivity index (χ0) is 18.5. The van der Waals surface area contributed by atoms with Gasteiger partial charge in [-0.3, -0.25) is 14.4 Å². The van der Waals surface area contributed by atoms with Gasteiger partial charge < -0.3 is 15.3 Å². The van der Waals surface area contributed by atoms with Gasteiger partial charge in [-0.25, -0.2) is 0 Å². The van der Waals surface area contributed by atoms with Crippen molar-refractivity contribution < 1.29 is 19.5 Å². The highest BCUT2D eigenvalue weighted by molar-refractivity contribution is 6.09. The standard InChI is InChI=1S/C20H20N2O4/c23-18(14-7-2-1-3-8-14)21-17-11-5-4-10-16(17)19(24)22-12-6-9-15(13-22)20(25)26/h1-5,7-8,10-11,15H,6,9,12-13H2,(H,21,23)(H,25,26). The maximum atomic E-state index is 12.9. The number of hydrogen-bond acceptors (Lipinski definition) is 3. The van der Waals surface area contributed by atoms with Gasteiger partial charge in [0.05, 0.1) is 17.2 Å². The molecule has 1 heterocycles. The molecule has 1 saturated heterocycles. The Balaban J connectivity index is 1.79. The number of nitrogens with one attached hydrogen (secondary N) is 1. The van der Waals surface area contributed by atoms with Gasteiger partial charge in [-0.05, 0) is 37.1 Å². The summed E-state index contributed by atoms with van der Waals surface area (Å²) >= 11 is 0. The average Bonchev–Trinajstić information content (AvgIpc) is 2.68. The number of hydrogen-bond donors (Lipinski definition) is 2. The lowest BCUT2D eigenvalue weighted by molar-refractivity contribution is -0.143. The molecule has 0 spiro atoms. The van der Waals surface area contributed by atoms with Gasteiger partial charge >= 0.3 is 5.97 Å². The van der Waals surface area contributed by atoms with Crippen LogP contribution in [0.3, 0.4) is 0 Å². The van der Waals surface area contributed by atoms with Crippen LogP contribution in [-0.2, 0) is 4.79 Å². The van der Waals surface area contributed by atoms with Crippen molar-refractivity contribution in [2.75, 3.05) is 18.4 Å². The normalized spacial score (nSPS) is 16.8. The van der Waals surface area contributed by atoms with Crippen molar-refractivity contribution in [3.63, 3.8) is 0 Å². The summed E-state index contributed by atoms with van der Waals surface area (Å²) in [6.07, 6.45) is 1.23. The van der Waals surface area contributed by atoms with E-state index in [1.807, 2.05) is 6.07 Å². The molecule has 1 aliphatic rings. The number of likely N-dealkylation sites (tertiary alicyclic amines) is 1. The van der Waals surface area contributed by atoms with Crippen LogP contribution in [0.4, 0.5) is 5.69 Å². The molecule has 2 aromatic rings. The lowest BCUT2D eigenvalue weighted by Gasteiger charge is -2.31. The fourth-order valence-electron chi connectivity index (χ4n) is 3.10. The van der Waals surface area contributed by atoms with Crippen molar-refractivity contribution in [3.05, 3.63) is 65.7 Å². The predicted octanol–water partition coefficient (Wildman–Crippen LogP) is 2.88. The van der Waals surface area contributed by atoms with Crippen LogP contribution in [0.2, 0.25) is 0 Å². The Hall–Kier alpha value is -3.15. The van der Waals surface area contributed by atoms with Gasteiger partial charge in [0.1, 0.15) is 0 Å². The first-order valence-corrected chi connectivity index (χ1v) is 8.54. The molecule has 6 heteroatoms. The maximum absolute atomic E-state index is 12.9. The Morgan fingerprint density at radius 1 is 1.00 bits per heavy atom. The first-order valence-electron chi connectivity index (χ1n) is 8.54. The van der Waals surface area contributed by atoms with Crippen LogP contribution in [-0.4, -0.2) is 40.9 Å². The molecule has 0 bridgehead atoms. The lowest BCUT2D eigenvalue weighted by atomic mass is 9.97. The number of piperidine rings is 1. The number of para-hydroxylation sites is 1. The van der Waals surface area contributed by atoms with E-state index < -0.39 is 11.9 Å². The second-order valence-electron chi connectivity index (χ2n) is 6.29. The lowest BCUT2D eigenvalue weighted by Crippen LogP contribution is -2.42. The molecule has 6 nitrogen and oxygen atoms in total. The topological polar surface area (TPSA) is 86.7 Å². The highest BCUT2D eigenvalue weighted by Gasteiger charge is 2.29. The highest BCUT2D eigenvalue weighted by atomic mass is 16.4. The van der Waals surface area contributed by atoms with E-state index in [2.05, 4.69) is 5.32 Å². The highest BCUT2D eigenvalue weighted by Crippen LogP contribution is 2.23. The summed E-state index contributed by atoms with van der Waals surface area (Å²) < 4.78 is 0. The molecule has 1 atom stereocenters. The molecule has 2 amide bonds. The van der Waals surface area contributed by atoms with E-state index in [1.54, 1.807) is 53.4 Å². The summed E-state index contributed by atoms with van der Waals surface area (Å²) in [5.41, 5.74) is 1.28. The summed E-state index contributed by atoms with van der Waals surface area (Å²) in [5.74, 6) is -1.99. The maximum Gasteiger partial charge on any atom is 0.308 e. The predicted molar refractivity (Wildman–Crippen MR) is 97.1 cm³/mol. The average molecular weight is 352 g/mol. The Bertz CT molecular complexity index is 820. The Kier molecular flexibility index (Phi) is 5.31. The van der Waals surface area contributed by atoms with Gasteiger partial charge in [-0.1, -0.05) is 30.3 Å². The number of carbonyl (C=O) groups is 3. The Morgan fingerprint density at radius 2 is 1.69 bits per heavy atom. The summed E-state index contributed by atoms with van der Waals surface area (Å²) in [4.78, 5) is 38.1. The molecule has 3 rings (SSSR count). The Labute approximate surface area is 151 Å². The van der Waals surface area contributed by atoms with E-state index in [0.717, 1.165) is 0 Å². The number of rotatable bonds is 4. The number of benzene rings is 2. The smallest absolute Gasteiger partial charge is 0.308 e. The SMILES string of the molecule is O=C(Nc1ccccc1C(=O)N1CCCC(C(=O)O)C1)c1ccccc1. The van der Waals surface area contributed by atoms with Gasteiger partial charge in [-0.2, -0.15) is 0 Å². The molecule has 134 valence electrons. The molecule has 2 aromatic carbocycles. The molecule has 2 N–H and O–H groups in total.